The number of piperidine rings is 1. The summed E-state index contributed by atoms with van der Waals surface area (Å²) in [6, 6.07) is 14.6. The number of halogens is 1. The minimum atomic E-state index is -0.657. The molecule has 312 valence electrons. The first-order valence-corrected chi connectivity index (χ1v) is 22.4. The number of imide groups is 1. The van der Waals surface area contributed by atoms with E-state index in [0.717, 1.165) is 96.0 Å². The molecule has 4 N–H and O–H groups in total. The standard InChI is InChI=1S/C45H55ClN8O4S/c1-28-29(2)59-43-39(28)40(31-16-18-33(46)19-17-31)49-36(41-53-52-30(3)54(41)43)27-38(56)48-25-12-10-8-6-4-5-7-9-11-24-47-34-15-13-14-32(26-34)45(22-23-45)44(58)50-35-20-21-37(55)51-42(35)57/h13-19,26,35-36,47H,4-12,20-25,27H2,1-3H3,(H,48,56)(H,50,58)(H,51,55,57)/t35?,36-/m0/s1. The summed E-state index contributed by atoms with van der Waals surface area (Å²) in [5.41, 5.74) is 5.39. The number of aromatic nitrogens is 3. The van der Waals surface area contributed by atoms with Crippen LogP contribution >= 0.6 is 22.9 Å². The van der Waals surface area contributed by atoms with Crippen LogP contribution < -0.4 is 21.3 Å². The van der Waals surface area contributed by atoms with Crippen molar-refractivity contribution < 1.29 is 19.2 Å². The van der Waals surface area contributed by atoms with E-state index in [2.05, 4.69) is 55.9 Å². The fraction of sp³-hybridized carbons (Fsp3) is 0.489. The number of carbonyl (C=O) groups is 4. The van der Waals surface area contributed by atoms with Crippen LogP contribution in [0.4, 0.5) is 5.69 Å². The van der Waals surface area contributed by atoms with Gasteiger partial charge in [-0.05, 0) is 88.3 Å². The molecule has 0 radical (unpaired) electrons. The van der Waals surface area contributed by atoms with Crippen LogP contribution in [0.3, 0.4) is 0 Å². The second kappa shape index (κ2) is 19.0. The molecule has 4 heterocycles. The Labute approximate surface area is 355 Å². The number of carbonyl (C=O) groups excluding carboxylic acids is 4. The van der Waals surface area contributed by atoms with Gasteiger partial charge < -0.3 is 16.0 Å². The van der Waals surface area contributed by atoms with Gasteiger partial charge in [0.1, 0.15) is 22.9 Å². The van der Waals surface area contributed by atoms with Crippen molar-refractivity contribution in [3.63, 3.8) is 0 Å². The number of hydrogen-bond acceptors (Lipinski definition) is 9. The van der Waals surface area contributed by atoms with Crippen molar-refractivity contribution in [1.29, 1.82) is 0 Å². The van der Waals surface area contributed by atoms with Gasteiger partial charge in [0.25, 0.3) is 0 Å². The van der Waals surface area contributed by atoms with Crippen molar-refractivity contribution >= 4 is 58.0 Å². The third-order valence-electron chi connectivity index (χ3n) is 11.9. The van der Waals surface area contributed by atoms with Gasteiger partial charge in [-0.1, -0.05) is 80.8 Å². The van der Waals surface area contributed by atoms with Crippen molar-refractivity contribution in [2.75, 3.05) is 18.4 Å². The van der Waals surface area contributed by atoms with Crippen LogP contribution in [0.25, 0.3) is 5.00 Å². The summed E-state index contributed by atoms with van der Waals surface area (Å²) in [7, 11) is 0. The van der Waals surface area contributed by atoms with Crippen molar-refractivity contribution in [2.45, 2.75) is 128 Å². The number of unbranched alkanes of at least 4 members (excludes halogenated alkanes) is 8. The minimum Gasteiger partial charge on any atom is -0.385 e. The van der Waals surface area contributed by atoms with Gasteiger partial charge in [0.15, 0.2) is 5.82 Å². The molecule has 7 rings (SSSR count). The number of nitrogens with one attached hydrogen (secondary N) is 4. The Hall–Kier alpha value is -4.88. The second-order valence-electron chi connectivity index (χ2n) is 16.2. The predicted octanol–water partition coefficient (Wildman–Crippen LogP) is 7.88. The van der Waals surface area contributed by atoms with Crippen LogP contribution in [0.2, 0.25) is 5.02 Å². The fourth-order valence-electron chi connectivity index (χ4n) is 8.15. The molecule has 0 bridgehead atoms. The summed E-state index contributed by atoms with van der Waals surface area (Å²) in [4.78, 5) is 56.6. The molecule has 1 unspecified atom stereocenters. The highest BCUT2D eigenvalue weighted by Crippen LogP contribution is 2.49. The Morgan fingerprint density at radius 2 is 1.61 bits per heavy atom. The number of anilines is 1. The fourth-order valence-corrected chi connectivity index (χ4v) is 9.49. The molecule has 4 aromatic rings. The Morgan fingerprint density at radius 1 is 0.915 bits per heavy atom. The van der Waals surface area contributed by atoms with Gasteiger partial charge >= 0.3 is 0 Å². The third kappa shape index (κ3) is 9.95. The van der Waals surface area contributed by atoms with E-state index in [-0.39, 0.29) is 30.6 Å². The molecule has 2 aliphatic heterocycles. The molecule has 2 atom stereocenters. The number of amides is 4. The average molecular weight is 840 g/mol. The van der Waals surface area contributed by atoms with Crippen LogP contribution in [-0.4, -0.2) is 63.2 Å². The predicted molar refractivity (Wildman–Crippen MR) is 233 cm³/mol. The lowest BCUT2D eigenvalue weighted by Gasteiger charge is -2.25. The highest BCUT2D eigenvalue weighted by molar-refractivity contribution is 7.15. The van der Waals surface area contributed by atoms with Crippen LogP contribution in [0.1, 0.15) is 135 Å². The molecular weight excluding hydrogens is 784 g/mol. The molecule has 1 saturated heterocycles. The molecule has 59 heavy (non-hydrogen) atoms. The summed E-state index contributed by atoms with van der Waals surface area (Å²) < 4.78 is 2.07. The molecule has 3 aliphatic rings. The molecule has 1 saturated carbocycles. The van der Waals surface area contributed by atoms with E-state index in [4.69, 9.17) is 16.6 Å². The molecule has 4 amide bonds. The van der Waals surface area contributed by atoms with Crippen LogP contribution in [0.15, 0.2) is 53.5 Å². The van der Waals surface area contributed by atoms with Gasteiger partial charge in [0.05, 0.1) is 17.5 Å². The average Bonchev–Trinajstić information content (AvgIpc) is 3.90. The van der Waals surface area contributed by atoms with Gasteiger partial charge in [0.2, 0.25) is 23.6 Å². The topological polar surface area (TPSA) is 159 Å². The van der Waals surface area contributed by atoms with E-state index >= 15 is 0 Å². The molecule has 14 heteroatoms. The van der Waals surface area contributed by atoms with Gasteiger partial charge in [-0.15, -0.1) is 21.5 Å². The van der Waals surface area contributed by atoms with E-state index in [9.17, 15) is 19.2 Å². The number of aliphatic imine (C=N–C) groups is 1. The Morgan fingerprint density at radius 3 is 2.31 bits per heavy atom. The number of thiophene rings is 1. The van der Waals surface area contributed by atoms with Gasteiger partial charge in [0, 0.05) is 46.2 Å². The normalized spacial score (nSPS) is 17.9. The van der Waals surface area contributed by atoms with Gasteiger partial charge in [-0.25, -0.2) is 0 Å². The van der Waals surface area contributed by atoms with E-state index in [1.54, 1.807) is 11.3 Å². The number of benzene rings is 2. The van der Waals surface area contributed by atoms with Crippen LogP contribution in [0, 0.1) is 20.8 Å². The first kappa shape index (κ1) is 42.3. The number of nitrogens with zero attached hydrogens (tertiary/aromatic N) is 4. The smallest absolute Gasteiger partial charge is 0.249 e. The zero-order chi connectivity index (χ0) is 41.5. The second-order valence-corrected chi connectivity index (χ2v) is 17.8. The minimum absolute atomic E-state index is 0.0389. The van der Waals surface area contributed by atoms with Gasteiger partial charge in [-0.2, -0.15) is 0 Å². The van der Waals surface area contributed by atoms with Gasteiger partial charge in [-0.3, -0.25) is 34.1 Å². The van der Waals surface area contributed by atoms with Crippen molar-refractivity contribution in [1.82, 2.24) is 30.7 Å². The zero-order valence-corrected chi connectivity index (χ0v) is 35.9. The summed E-state index contributed by atoms with van der Waals surface area (Å²) in [6.45, 7) is 7.70. The molecule has 1 aliphatic carbocycles. The molecular formula is C45H55ClN8O4S. The van der Waals surface area contributed by atoms with E-state index in [0.29, 0.717) is 23.8 Å². The highest BCUT2D eigenvalue weighted by atomic mass is 35.5. The number of rotatable bonds is 19. The maximum Gasteiger partial charge on any atom is 0.249 e. The van der Waals surface area contributed by atoms with Crippen molar-refractivity contribution in [3.8, 4) is 5.00 Å². The summed E-state index contributed by atoms with van der Waals surface area (Å²) in [5, 5.41) is 22.5. The summed E-state index contributed by atoms with van der Waals surface area (Å²) >= 11 is 7.94. The molecule has 2 aromatic carbocycles. The lowest BCUT2D eigenvalue weighted by molar-refractivity contribution is -0.137. The highest BCUT2D eigenvalue weighted by Gasteiger charge is 2.52. The molecule has 2 fully saturated rings. The van der Waals surface area contributed by atoms with Crippen LogP contribution in [-0.2, 0) is 24.6 Å². The first-order valence-electron chi connectivity index (χ1n) is 21.2. The first-order chi connectivity index (χ1) is 28.5. The quantitative estimate of drug-likeness (QED) is 0.0552. The molecule has 12 nitrogen and oxygen atoms in total. The summed E-state index contributed by atoms with van der Waals surface area (Å²) in [6.07, 6.45) is 12.5. The number of hydrogen-bond donors (Lipinski definition) is 4. The van der Waals surface area contributed by atoms with Crippen LogP contribution in [0.5, 0.6) is 0 Å². The largest absolute Gasteiger partial charge is 0.385 e. The van der Waals surface area contributed by atoms with E-state index in [1.807, 2.05) is 49.4 Å². The SMILES string of the molecule is Cc1sc2c(c1C)C(c1ccc(Cl)cc1)=N[C@@H](CC(=O)NCCCCCCCCCCCNc1cccc(C3(C(=O)NC4CCC(=O)NC4=O)CC3)c1)c1nnc(C)n1-2. The monoisotopic (exact) mass is 838 g/mol. The lowest BCUT2D eigenvalue weighted by atomic mass is 9.93. The number of fused-ring (bicyclic) bond motifs is 3. The Balaban J connectivity index is 0.775. The Kier molecular flexibility index (Phi) is 13.6. The Bertz CT molecular complexity index is 2210. The van der Waals surface area contributed by atoms with E-state index in [1.165, 1.54) is 30.6 Å². The lowest BCUT2D eigenvalue weighted by Crippen LogP contribution is -2.54. The summed E-state index contributed by atoms with van der Waals surface area (Å²) in [5.74, 6) is 0.574. The molecule has 0 spiro atoms. The maximum absolute atomic E-state index is 13.3. The number of aryl methyl sites for hydroxylation is 2. The molecule has 2 aromatic heterocycles. The maximum atomic E-state index is 13.3. The zero-order valence-electron chi connectivity index (χ0n) is 34.3. The third-order valence-corrected chi connectivity index (χ3v) is 13.3. The van der Waals surface area contributed by atoms with E-state index < -0.39 is 23.4 Å². The van der Waals surface area contributed by atoms with Crippen molar-refractivity contribution in [3.05, 3.63) is 92.3 Å². The van der Waals surface area contributed by atoms with Crippen molar-refractivity contribution in [2.24, 2.45) is 4.99 Å².